The molecule has 1 amide bonds. The minimum atomic E-state index is -0.635. The normalized spacial score (nSPS) is 18.5. The first-order chi connectivity index (χ1) is 16.0. The van der Waals surface area contributed by atoms with E-state index in [1.165, 1.54) is 6.07 Å². The molecule has 0 bridgehead atoms. The molecular formula is C25H25ClN2O5. The predicted octanol–water partition coefficient (Wildman–Crippen LogP) is 3.49. The number of nitrogens with zero attached hydrogens (tertiary/aromatic N) is 2. The van der Waals surface area contributed by atoms with E-state index in [0.717, 1.165) is 22.9 Å². The van der Waals surface area contributed by atoms with Crippen LogP contribution in [0.5, 0.6) is 11.5 Å². The van der Waals surface area contributed by atoms with Crippen LogP contribution in [0.1, 0.15) is 18.1 Å². The summed E-state index contributed by atoms with van der Waals surface area (Å²) in [7, 11) is 0. The van der Waals surface area contributed by atoms with Gasteiger partial charge in [0.2, 0.25) is 6.10 Å². The molecule has 0 saturated carbocycles. The lowest BCUT2D eigenvalue weighted by Gasteiger charge is -2.37. The Morgan fingerprint density at radius 2 is 1.82 bits per heavy atom. The van der Waals surface area contributed by atoms with Gasteiger partial charge in [-0.25, -0.2) is 4.79 Å². The van der Waals surface area contributed by atoms with Crippen molar-refractivity contribution in [1.29, 1.82) is 0 Å². The summed E-state index contributed by atoms with van der Waals surface area (Å²) < 4.78 is 17.0. The van der Waals surface area contributed by atoms with Gasteiger partial charge in [0, 0.05) is 49.2 Å². The van der Waals surface area contributed by atoms with Crippen molar-refractivity contribution in [2.75, 3.05) is 32.8 Å². The van der Waals surface area contributed by atoms with E-state index in [0.29, 0.717) is 54.8 Å². The zero-order valence-corrected chi connectivity index (χ0v) is 19.1. The average Bonchev–Trinajstić information content (AvgIpc) is 2.84. The number of amides is 1. The number of hydrogen-bond donors (Lipinski definition) is 0. The second-order valence-corrected chi connectivity index (χ2v) is 8.76. The molecule has 172 valence electrons. The van der Waals surface area contributed by atoms with Crippen molar-refractivity contribution in [3.8, 4) is 11.5 Å². The molecule has 1 fully saturated rings. The molecule has 7 nitrogen and oxygen atoms in total. The minimum absolute atomic E-state index is 0.0613. The van der Waals surface area contributed by atoms with Crippen LogP contribution < -0.4 is 15.1 Å². The maximum absolute atomic E-state index is 13.0. The van der Waals surface area contributed by atoms with Crippen LogP contribution in [0.25, 0.3) is 11.0 Å². The number of halogens is 1. The number of benzene rings is 2. The van der Waals surface area contributed by atoms with E-state index >= 15 is 0 Å². The topological polar surface area (TPSA) is 72.2 Å². The second-order valence-electron chi connectivity index (χ2n) is 8.35. The fourth-order valence-electron chi connectivity index (χ4n) is 4.40. The summed E-state index contributed by atoms with van der Waals surface area (Å²) in [6.45, 7) is 5.36. The van der Waals surface area contributed by atoms with E-state index in [1.54, 1.807) is 0 Å². The van der Waals surface area contributed by atoms with Crippen LogP contribution in [0.4, 0.5) is 0 Å². The minimum Gasteiger partial charge on any atom is -0.485 e. The second kappa shape index (κ2) is 9.08. The van der Waals surface area contributed by atoms with E-state index in [2.05, 4.69) is 4.90 Å². The van der Waals surface area contributed by atoms with Crippen LogP contribution in [0, 0.1) is 0 Å². The summed E-state index contributed by atoms with van der Waals surface area (Å²) in [5.74, 6) is 1.20. The Labute approximate surface area is 196 Å². The zero-order valence-electron chi connectivity index (χ0n) is 18.4. The molecule has 2 aromatic carbocycles. The number of aryl methyl sites for hydroxylation is 1. The van der Waals surface area contributed by atoms with Crippen molar-refractivity contribution in [3.63, 3.8) is 0 Å². The van der Waals surface area contributed by atoms with E-state index < -0.39 is 6.10 Å². The quantitative estimate of drug-likeness (QED) is 0.546. The number of ether oxygens (including phenoxy) is 2. The molecule has 5 rings (SSSR count). The van der Waals surface area contributed by atoms with Gasteiger partial charge in [0.05, 0.1) is 0 Å². The molecule has 33 heavy (non-hydrogen) atoms. The Bertz CT molecular complexity index is 1250. The first-order valence-electron chi connectivity index (χ1n) is 11.2. The van der Waals surface area contributed by atoms with Gasteiger partial charge in [0.15, 0.2) is 11.5 Å². The van der Waals surface area contributed by atoms with Crippen molar-refractivity contribution in [2.45, 2.75) is 26.0 Å². The summed E-state index contributed by atoms with van der Waals surface area (Å²) >= 11 is 6.42. The fourth-order valence-corrected chi connectivity index (χ4v) is 4.70. The molecule has 1 unspecified atom stereocenters. The summed E-state index contributed by atoms with van der Waals surface area (Å²) in [5.41, 5.74) is 2.02. The molecule has 0 N–H and O–H groups in total. The highest BCUT2D eigenvalue weighted by Crippen LogP contribution is 2.31. The highest BCUT2D eigenvalue weighted by atomic mass is 35.5. The summed E-state index contributed by atoms with van der Waals surface area (Å²) in [6.07, 6.45) is 0.129. The Morgan fingerprint density at radius 1 is 1.06 bits per heavy atom. The monoisotopic (exact) mass is 468 g/mol. The third-order valence-corrected chi connectivity index (χ3v) is 6.59. The third-order valence-electron chi connectivity index (χ3n) is 6.24. The van der Waals surface area contributed by atoms with Gasteiger partial charge in [0.1, 0.15) is 12.2 Å². The van der Waals surface area contributed by atoms with E-state index in [1.807, 2.05) is 48.2 Å². The van der Waals surface area contributed by atoms with Crippen LogP contribution in [0.2, 0.25) is 5.02 Å². The first-order valence-corrected chi connectivity index (χ1v) is 11.5. The number of fused-ring (bicyclic) bond motifs is 2. The molecule has 1 aromatic heterocycles. The number of carbonyl (C=O) groups excluding carboxylic acids is 1. The maximum atomic E-state index is 13.0. The molecule has 3 aromatic rings. The predicted molar refractivity (Wildman–Crippen MR) is 125 cm³/mol. The van der Waals surface area contributed by atoms with Crippen molar-refractivity contribution < 1.29 is 18.7 Å². The van der Waals surface area contributed by atoms with Gasteiger partial charge in [-0.05, 0) is 41.8 Å². The van der Waals surface area contributed by atoms with Crippen LogP contribution in [-0.4, -0.2) is 54.6 Å². The molecular weight excluding hydrogens is 444 g/mol. The van der Waals surface area contributed by atoms with E-state index in [4.69, 9.17) is 25.5 Å². The molecule has 8 heteroatoms. The highest BCUT2D eigenvalue weighted by Gasteiger charge is 2.32. The smallest absolute Gasteiger partial charge is 0.336 e. The van der Waals surface area contributed by atoms with Crippen LogP contribution >= 0.6 is 11.6 Å². The van der Waals surface area contributed by atoms with Gasteiger partial charge < -0.3 is 18.8 Å². The molecule has 0 aliphatic carbocycles. The van der Waals surface area contributed by atoms with Crippen LogP contribution in [0.15, 0.2) is 51.7 Å². The molecule has 0 radical (unpaired) electrons. The van der Waals surface area contributed by atoms with Crippen molar-refractivity contribution in [3.05, 3.63) is 69.0 Å². The number of rotatable bonds is 4. The Kier molecular flexibility index (Phi) is 6.00. The van der Waals surface area contributed by atoms with Crippen molar-refractivity contribution in [2.24, 2.45) is 0 Å². The molecule has 1 saturated heterocycles. The average molecular weight is 469 g/mol. The Morgan fingerprint density at radius 3 is 2.58 bits per heavy atom. The summed E-state index contributed by atoms with van der Waals surface area (Å²) in [6, 6.07) is 12.6. The molecule has 2 aliphatic heterocycles. The largest absolute Gasteiger partial charge is 0.485 e. The van der Waals surface area contributed by atoms with Gasteiger partial charge in [-0.15, -0.1) is 0 Å². The zero-order chi connectivity index (χ0) is 22.9. The lowest BCUT2D eigenvalue weighted by atomic mass is 10.1. The van der Waals surface area contributed by atoms with Crippen molar-refractivity contribution >= 4 is 28.5 Å². The number of hydrogen-bond acceptors (Lipinski definition) is 6. The number of para-hydroxylation sites is 2. The molecule has 0 spiro atoms. The highest BCUT2D eigenvalue weighted by molar-refractivity contribution is 6.32. The lowest BCUT2D eigenvalue weighted by molar-refractivity contribution is -0.143. The number of piperazine rings is 1. The Hall–Kier alpha value is -3.03. The van der Waals surface area contributed by atoms with Gasteiger partial charge in [-0.2, -0.15) is 0 Å². The molecule has 3 heterocycles. The SMILES string of the molecule is CCc1cc2oc(=O)cc(CN3CCN(C(=O)C4COc5ccccc5O4)CC3)c2cc1Cl. The van der Waals surface area contributed by atoms with Crippen LogP contribution in [0.3, 0.4) is 0 Å². The number of carbonyl (C=O) groups is 1. The molecule has 2 aliphatic rings. The van der Waals surface area contributed by atoms with E-state index in [9.17, 15) is 9.59 Å². The van der Waals surface area contributed by atoms with Gasteiger partial charge in [-0.1, -0.05) is 30.7 Å². The Balaban J connectivity index is 1.25. The van der Waals surface area contributed by atoms with Crippen molar-refractivity contribution in [1.82, 2.24) is 9.80 Å². The van der Waals surface area contributed by atoms with E-state index in [-0.39, 0.29) is 18.1 Å². The maximum Gasteiger partial charge on any atom is 0.336 e. The van der Waals surface area contributed by atoms with Gasteiger partial charge in [0.25, 0.3) is 5.91 Å². The summed E-state index contributed by atoms with van der Waals surface area (Å²) in [5, 5.41) is 1.52. The lowest BCUT2D eigenvalue weighted by Crippen LogP contribution is -2.53. The third kappa shape index (κ3) is 4.43. The van der Waals surface area contributed by atoms with Gasteiger partial charge >= 0.3 is 5.63 Å². The van der Waals surface area contributed by atoms with Gasteiger partial charge in [-0.3, -0.25) is 9.69 Å². The fraction of sp³-hybridized carbons (Fsp3) is 0.360. The first kappa shape index (κ1) is 21.8. The summed E-state index contributed by atoms with van der Waals surface area (Å²) in [4.78, 5) is 29.2. The van der Waals surface area contributed by atoms with Crippen LogP contribution in [-0.2, 0) is 17.8 Å². The standard InChI is InChI=1S/C25H25ClN2O5/c1-2-16-11-22-18(13-19(16)26)17(12-24(29)33-22)14-27-7-9-28(10-8-27)25(30)23-15-31-20-5-3-4-6-21(20)32-23/h3-6,11-13,23H,2,7-10,14-15H2,1H3. The molecule has 1 atom stereocenters.